The number of halogens is 6. The minimum atomic E-state index is -4.71. The minimum absolute atomic E-state index is 0.0159. The number of benzene rings is 2. The highest BCUT2D eigenvalue weighted by molar-refractivity contribution is 5.89. The van der Waals surface area contributed by atoms with Gasteiger partial charge in [-0.1, -0.05) is 18.2 Å². The maximum absolute atomic E-state index is 14.2. The lowest BCUT2D eigenvalue weighted by atomic mass is 9.86. The van der Waals surface area contributed by atoms with Crippen LogP contribution in [0.25, 0.3) is 10.8 Å². The zero-order valence-corrected chi connectivity index (χ0v) is 19.6. The number of carboxylic acid groups (broad SMARTS) is 1. The molecular formula is C26H29F6NO3. The van der Waals surface area contributed by atoms with Gasteiger partial charge in [-0.15, -0.1) is 0 Å². The number of aliphatic carboxylic acids is 1. The summed E-state index contributed by atoms with van der Waals surface area (Å²) < 4.78 is 87.0. The first-order valence-electron chi connectivity index (χ1n) is 12.2. The maximum atomic E-state index is 14.2. The van der Waals surface area contributed by atoms with Crippen molar-refractivity contribution in [3.05, 3.63) is 41.5 Å². The normalized spacial score (nSPS) is 25.6. The predicted molar refractivity (Wildman–Crippen MR) is 122 cm³/mol. The summed E-state index contributed by atoms with van der Waals surface area (Å²) in [6.45, 7) is 0.335. The molecule has 198 valence electrons. The largest absolute Gasteiger partial charge is 0.490 e. The van der Waals surface area contributed by atoms with Gasteiger partial charge in [-0.3, -0.25) is 4.79 Å². The molecule has 0 aliphatic heterocycles. The number of rotatable bonds is 6. The molecule has 4 nitrogen and oxygen atoms in total. The predicted octanol–water partition coefficient (Wildman–Crippen LogP) is 7.09. The molecule has 2 aromatic carbocycles. The molecule has 2 aliphatic carbocycles. The molecular weight excluding hydrogens is 488 g/mol. The first-order valence-corrected chi connectivity index (χ1v) is 12.2. The van der Waals surface area contributed by atoms with E-state index in [4.69, 9.17) is 9.84 Å². The highest BCUT2D eigenvalue weighted by atomic mass is 19.4. The number of hydrogen-bond acceptors (Lipinski definition) is 3. The Morgan fingerprint density at radius 1 is 0.917 bits per heavy atom. The second kappa shape index (κ2) is 10.5. The van der Waals surface area contributed by atoms with Crippen LogP contribution in [0.5, 0.6) is 5.75 Å². The molecule has 4 rings (SSSR count). The molecule has 36 heavy (non-hydrogen) atoms. The van der Waals surface area contributed by atoms with Gasteiger partial charge in [0.25, 0.3) is 0 Å². The molecule has 0 saturated heterocycles. The van der Waals surface area contributed by atoms with Crippen LogP contribution in [0.2, 0.25) is 0 Å². The zero-order valence-electron chi connectivity index (χ0n) is 19.6. The minimum Gasteiger partial charge on any atom is -0.490 e. The lowest BCUT2D eigenvalue weighted by molar-refractivity contribution is -0.185. The Kier molecular flexibility index (Phi) is 7.73. The molecule has 2 aliphatic rings. The summed E-state index contributed by atoms with van der Waals surface area (Å²) in [5.74, 6) is -2.94. The van der Waals surface area contributed by atoms with Gasteiger partial charge in [-0.05, 0) is 79.8 Å². The molecule has 0 unspecified atom stereocenters. The molecule has 0 aromatic heterocycles. The maximum Gasteiger partial charge on any atom is 0.420 e. The summed E-state index contributed by atoms with van der Waals surface area (Å²) in [7, 11) is 0. The van der Waals surface area contributed by atoms with Crippen molar-refractivity contribution in [2.24, 2.45) is 11.8 Å². The second-order valence-electron chi connectivity index (χ2n) is 9.89. The van der Waals surface area contributed by atoms with E-state index in [1.807, 2.05) is 0 Å². The Morgan fingerprint density at radius 2 is 1.56 bits per heavy atom. The third kappa shape index (κ3) is 6.25. The first-order chi connectivity index (χ1) is 16.9. The third-order valence-corrected chi connectivity index (χ3v) is 7.43. The molecule has 2 aromatic rings. The molecule has 0 heterocycles. The van der Waals surface area contributed by atoms with Crippen LogP contribution in [0.1, 0.15) is 62.5 Å². The van der Waals surface area contributed by atoms with E-state index in [9.17, 15) is 31.1 Å². The van der Waals surface area contributed by atoms with E-state index in [2.05, 4.69) is 5.32 Å². The van der Waals surface area contributed by atoms with E-state index in [-0.39, 0.29) is 48.8 Å². The van der Waals surface area contributed by atoms with Gasteiger partial charge in [-0.2, -0.15) is 26.3 Å². The van der Waals surface area contributed by atoms with Crippen molar-refractivity contribution in [2.75, 3.05) is 0 Å². The molecule has 2 N–H and O–H groups in total. The van der Waals surface area contributed by atoms with Crippen LogP contribution in [0.4, 0.5) is 26.3 Å². The van der Waals surface area contributed by atoms with E-state index in [1.54, 1.807) is 12.1 Å². The molecule has 2 saturated carbocycles. The number of hydrogen-bond donors (Lipinski definition) is 2. The first kappa shape index (κ1) is 26.6. The van der Waals surface area contributed by atoms with Crippen LogP contribution in [-0.4, -0.2) is 29.4 Å². The fraction of sp³-hybridized carbons (Fsp3) is 0.577. The van der Waals surface area contributed by atoms with E-state index in [1.165, 1.54) is 18.2 Å². The van der Waals surface area contributed by atoms with Gasteiger partial charge in [0, 0.05) is 12.6 Å². The SMILES string of the molecule is O=C(O)[C@H]1CC[C@H](NCc2ccc3ccc(O[C@H]4CC[C@@H](C(F)(F)F)CC4)c(C(F)(F)F)c3c2)CC1. The summed E-state index contributed by atoms with van der Waals surface area (Å²) in [6, 6.07) is 7.71. The smallest absolute Gasteiger partial charge is 0.420 e. The summed E-state index contributed by atoms with van der Waals surface area (Å²) >= 11 is 0. The monoisotopic (exact) mass is 517 g/mol. The van der Waals surface area contributed by atoms with Gasteiger partial charge < -0.3 is 15.2 Å². The Labute approximate surface area is 205 Å². The van der Waals surface area contributed by atoms with Crippen LogP contribution < -0.4 is 10.1 Å². The molecule has 0 amide bonds. The van der Waals surface area contributed by atoms with Gasteiger partial charge in [0.15, 0.2) is 0 Å². The number of fused-ring (bicyclic) bond motifs is 1. The summed E-state index contributed by atoms with van der Waals surface area (Å²) in [5.41, 5.74) is -0.266. The number of carboxylic acids is 1. The number of nitrogens with one attached hydrogen (secondary N) is 1. The van der Waals surface area contributed by atoms with E-state index in [0.717, 1.165) is 0 Å². The van der Waals surface area contributed by atoms with Crippen molar-refractivity contribution in [3.63, 3.8) is 0 Å². The quantitative estimate of drug-likeness (QED) is 0.402. The zero-order chi connectivity index (χ0) is 26.1. The van der Waals surface area contributed by atoms with Crippen LogP contribution in [0.3, 0.4) is 0 Å². The fourth-order valence-electron chi connectivity index (χ4n) is 5.34. The Morgan fingerprint density at radius 3 is 2.14 bits per heavy atom. The molecule has 0 atom stereocenters. The lowest BCUT2D eigenvalue weighted by Crippen LogP contribution is -2.34. The molecule has 0 spiro atoms. The molecule has 2 fully saturated rings. The Bertz CT molecular complexity index is 1070. The highest BCUT2D eigenvalue weighted by Crippen LogP contribution is 2.44. The molecule has 0 radical (unpaired) electrons. The van der Waals surface area contributed by atoms with Gasteiger partial charge >= 0.3 is 18.3 Å². The van der Waals surface area contributed by atoms with Gasteiger partial charge in [0.1, 0.15) is 11.3 Å². The second-order valence-corrected chi connectivity index (χ2v) is 9.89. The summed E-state index contributed by atoms with van der Waals surface area (Å²) in [6.07, 6.45) is -7.43. The average Bonchev–Trinajstić information content (AvgIpc) is 2.81. The topological polar surface area (TPSA) is 58.6 Å². The molecule has 0 bridgehead atoms. The lowest BCUT2D eigenvalue weighted by Gasteiger charge is -2.31. The number of carbonyl (C=O) groups is 1. The summed E-state index contributed by atoms with van der Waals surface area (Å²) in [5, 5.41) is 12.8. The van der Waals surface area contributed by atoms with Crippen molar-refractivity contribution < 1.29 is 41.0 Å². The van der Waals surface area contributed by atoms with Crippen LogP contribution >= 0.6 is 0 Å². The van der Waals surface area contributed by atoms with Crippen molar-refractivity contribution in [1.29, 1.82) is 0 Å². The standard InChI is InChI=1S/C26H29F6NO3/c27-25(28,29)18-6-10-20(11-7-18)36-22-12-5-16-2-1-15(13-21(16)23(22)26(30,31)32)14-33-19-8-3-17(4-9-19)24(34)35/h1-2,5,12-13,17-20,33H,3-4,6-11,14H2,(H,34,35)/t17-,18-,19-,20+. The van der Waals surface area contributed by atoms with E-state index < -0.39 is 35.9 Å². The van der Waals surface area contributed by atoms with Crippen molar-refractivity contribution >= 4 is 16.7 Å². The van der Waals surface area contributed by atoms with Gasteiger partial charge in [-0.25, -0.2) is 0 Å². The summed E-state index contributed by atoms with van der Waals surface area (Å²) in [4.78, 5) is 11.1. The number of ether oxygens (including phenoxy) is 1. The van der Waals surface area contributed by atoms with Crippen LogP contribution in [0.15, 0.2) is 30.3 Å². The van der Waals surface area contributed by atoms with Crippen molar-refractivity contribution in [3.8, 4) is 5.75 Å². The van der Waals surface area contributed by atoms with Crippen molar-refractivity contribution in [1.82, 2.24) is 5.32 Å². The van der Waals surface area contributed by atoms with Crippen LogP contribution in [0, 0.1) is 11.8 Å². The Balaban J connectivity index is 1.49. The third-order valence-electron chi connectivity index (χ3n) is 7.43. The van der Waals surface area contributed by atoms with E-state index >= 15 is 0 Å². The Hall–Kier alpha value is -2.49. The average molecular weight is 518 g/mol. The van der Waals surface area contributed by atoms with Gasteiger partial charge in [0.2, 0.25) is 0 Å². The number of alkyl halides is 6. The van der Waals surface area contributed by atoms with E-state index in [0.29, 0.717) is 43.2 Å². The highest BCUT2D eigenvalue weighted by Gasteiger charge is 2.42. The van der Waals surface area contributed by atoms with Crippen LogP contribution in [-0.2, 0) is 17.5 Å². The fourth-order valence-corrected chi connectivity index (χ4v) is 5.34. The van der Waals surface area contributed by atoms with Crippen molar-refractivity contribution in [2.45, 2.75) is 82.4 Å². The van der Waals surface area contributed by atoms with Gasteiger partial charge in [0.05, 0.1) is 17.9 Å². The molecule has 10 heteroatoms.